The Labute approximate surface area is 187 Å². The minimum atomic E-state index is -0.119. The van der Waals surface area contributed by atoms with Crippen LogP contribution in [-0.4, -0.2) is 9.55 Å². The average molecular weight is 503 g/mol. The molecule has 0 bridgehead atoms. The fraction of sp³-hybridized carbons (Fsp3) is 0.0800. The van der Waals surface area contributed by atoms with Gasteiger partial charge >= 0.3 is 0 Å². The Bertz CT molecular complexity index is 1360. The molecule has 4 nitrogen and oxygen atoms in total. The van der Waals surface area contributed by atoms with Crippen molar-refractivity contribution in [2.24, 2.45) is 0 Å². The van der Waals surface area contributed by atoms with Crippen LogP contribution in [-0.2, 0) is 6.54 Å². The number of para-hydroxylation sites is 3. The van der Waals surface area contributed by atoms with Gasteiger partial charge < -0.3 is 9.32 Å². The first kappa shape index (κ1) is 17.8. The lowest BCUT2D eigenvalue weighted by atomic mass is 10.0. The summed E-state index contributed by atoms with van der Waals surface area (Å²) >= 11 is 2.23. The van der Waals surface area contributed by atoms with Gasteiger partial charge in [0.05, 0.1) is 11.0 Å². The van der Waals surface area contributed by atoms with Crippen molar-refractivity contribution in [2.75, 3.05) is 4.90 Å². The van der Waals surface area contributed by atoms with E-state index in [1.807, 2.05) is 12.1 Å². The molecule has 0 fully saturated rings. The van der Waals surface area contributed by atoms with Gasteiger partial charge in [0.25, 0.3) is 0 Å². The Hall–Kier alpha value is -3.06. The van der Waals surface area contributed by atoms with Gasteiger partial charge in [0.15, 0.2) is 9.93 Å². The third kappa shape index (κ3) is 2.76. The number of rotatable bonds is 3. The van der Waals surface area contributed by atoms with Crippen LogP contribution in [0.5, 0.6) is 0 Å². The fourth-order valence-corrected chi connectivity index (χ4v) is 4.80. The molecule has 30 heavy (non-hydrogen) atoms. The van der Waals surface area contributed by atoms with E-state index in [1.165, 1.54) is 11.3 Å². The third-order valence-electron chi connectivity index (χ3n) is 5.63. The summed E-state index contributed by atoms with van der Waals surface area (Å²) in [5, 5.41) is 0. The maximum atomic E-state index is 6.18. The molecule has 0 radical (unpaired) electrons. The number of furan rings is 1. The minimum absolute atomic E-state index is 0.119. The normalized spacial score (nSPS) is 15.2. The van der Waals surface area contributed by atoms with Crippen LogP contribution in [0.2, 0.25) is 0 Å². The Balaban J connectivity index is 1.65. The quantitative estimate of drug-likeness (QED) is 0.265. The van der Waals surface area contributed by atoms with Crippen LogP contribution in [0.4, 0.5) is 5.69 Å². The monoisotopic (exact) mass is 503 g/mol. The number of nitrogens with zero attached hydrogens (tertiary/aromatic N) is 3. The predicted octanol–water partition coefficient (Wildman–Crippen LogP) is 6.47. The van der Waals surface area contributed by atoms with E-state index in [1.54, 1.807) is 0 Å². The zero-order valence-corrected chi connectivity index (χ0v) is 18.2. The molecule has 0 amide bonds. The van der Waals surface area contributed by atoms with Gasteiger partial charge in [-0.3, -0.25) is 4.57 Å². The molecule has 1 unspecified atom stereocenters. The molecule has 1 aliphatic rings. The van der Waals surface area contributed by atoms with Crippen molar-refractivity contribution in [1.82, 2.24) is 9.55 Å². The van der Waals surface area contributed by atoms with E-state index in [-0.39, 0.29) is 6.17 Å². The molecule has 5 heteroatoms. The number of halogens is 1. The highest BCUT2D eigenvalue weighted by atomic mass is 127. The summed E-state index contributed by atoms with van der Waals surface area (Å²) < 4.78 is 9.37. The Kier molecular flexibility index (Phi) is 4.16. The molecule has 5 aromatic rings. The molecule has 6 rings (SSSR count). The molecule has 0 saturated heterocycles. The highest BCUT2D eigenvalue weighted by molar-refractivity contribution is 14.1. The highest BCUT2D eigenvalue weighted by Crippen LogP contribution is 2.45. The van der Waals surface area contributed by atoms with Gasteiger partial charge in [-0.25, -0.2) is 4.98 Å². The van der Waals surface area contributed by atoms with E-state index in [0.717, 1.165) is 38.5 Å². The third-order valence-corrected chi connectivity index (χ3v) is 6.21. The summed E-state index contributed by atoms with van der Waals surface area (Å²) in [4.78, 5) is 7.43. The van der Waals surface area contributed by atoms with Crippen LogP contribution in [0.15, 0.2) is 95.4 Å². The SMILES string of the molecule is Ic1ccc(C2N(Cc3ccccc3)c3ccccc3-c3nc4ccccc4n32)o1. The number of fused-ring (bicyclic) bond motifs is 5. The molecular weight excluding hydrogens is 485 g/mol. The van der Waals surface area contributed by atoms with Crippen molar-refractivity contribution >= 4 is 39.3 Å². The smallest absolute Gasteiger partial charge is 0.167 e. The number of hydrogen-bond donors (Lipinski definition) is 0. The van der Waals surface area contributed by atoms with Gasteiger partial charge in [0.2, 0.25) is 0 Å². The van der Waals surface area contributed by atoms with E-state index < -0.39 is 0 Å². The summed E-state index contributed by atoms with van der Waals surface area (Å²) in [6.07, 6.45) is -0.119. The van der Waals surface area contributed by atoms with Crippen LogP contribution in [0.25, 0.3) is 22.4 Å². The molecule has 2 aromatic heterocycles. The van der Waals surface area contributed by atoms with Crippen molar-refractivity contribution < 1.29 is 4.42 Å². The van der Waals surface area contributed by atoms with Crippen molar-refractivity contribution in [3.05, 3.63) is 106 Å². The molecule has 146 valence electrons. The number of aromatic nitrogens is 2. The zero-order chi connectivity index (χ0) is 20.1. The number of anilines is 1. The summed E-state index contributed by atoms with van der Waals surface area (Å²) in [5.74, 6) is 1.89. The van der Waals surface area contributed by atoms with Gasteiger partial charge in [-0.15, -0.1) is 0 Å². The van der Waals surface area contributed by atoms with Crippen LogP contribution >= 0.6 is 22.6 Å². The number of benzene rings is 3. The molecule has 1 aliphatic heterocycles. The molecule has 1 atom stereocenters. The van der Waals surface area contributed by atoms with Gasteiger partial charge in [-0.2, -0.15) is 0 Å². The van der Waals surface area contributed by atoms with Crippen LogP contribution in [0.1, 0.15) is 17.5 Å². The summed E-state index contributed by atoms with van der Waals surface area (Å²) in [6, 6.07) is 31.5. The van der Waals surface area contributed by atoms with Crippen molar-refractivity contribution in [1.29, 1.82) is 0 Å². The lowest BCUT2D eigenvalue weighted by molar-refractivity contribution is 0.402. The highest BCUT2D eigenvalue weighted by Gasteiger charge is 2.36. The summed E-state index contributed by atoms with van der Waals surface area (Å²) in [5.41, 5.74) is 5.67. The minimum Gasteiger partial charge on any atom is -0.451 e. The van der Waals surface area contributed by atoms with E-state index in [2.05, 4.69) is 111 Å². The Morgan fingerprint density at radius 3 is 2.43 bits per heavy atom. The van der Waals surface area contributed by atoms with Crippen molar-refractivity contribution in [3.63, 3.8) is 0 Å². The van der Waals surface area contributed by atoms with E-state index in [0.29, 0.717) is 0 Å². The maximum absolute atomic E-state index is 6.18. The molecule has 0 saturated carbocycles. The lowest BCUT2D eigenvalue weighted by Crippen LogP contribution is -2.36. The topological polar surface area (TPSA) is 34.2 Å². The van der Waals surface area contributed by atoms with Crippen LogP contribution in [0.3, 0.4) is 0 Å². The van der Waals surface area contributed by atoms with Gasteiger partial charge in [0, 0.05) is 17.8 Å². The average Bonchev–Trinajstić information content (AvgIpc) is 3.39. The van der Waals surface area contributed by atoms with E-state index >= 15 is 0 Å². The largest absolute Gasteiger partial charge is 0.451 e. The second-order valence-electron chi connectivity index (χ2n) is 7.44. The predicted molar refractivity (Wildman–Crippen MR) is 127 cm³/mol. The van der Waals surface area contributed by atoms with Gasteiger partial charge in [-0.1, -0.05) is 54.6 Å². The van der Waals surface area contributed by atoms with Crippen molar-refractivity contribution in [3.8, 4) is 11.4 Å². The molecule has 3 heterocycles. The molecule has 0 spiro atoms. The Morgan fingerprint density at radius 2 is 1.60 bits per heavy atom. The molecule has 3 aromatic carbocycles. The first-order valence-electron chi connectivity index (χ1n) is 9.92. The Morgan fingerprint density at radius 1 is 0.833 bits per heavy atom. The zero-order valence-electron chi connectivity index (χ0n) is 16.1. The number of imidazole rings is 1. The second kappa shape index (κ2) is 7.02. The van der Waals surface area contributed by atoms with Crippen LogP contribution < -0.4 is 4.90 Å². The van der Waals surface area contributed by atoms with Gasteiger partial charge in [0.1, 0.15) is 11.6 Å². The van der Waals surface area contributed by atoms with E-state index in [9.17, 15) is 0 Å². The maximum Gasteiger partial charge on any atom is 0.167 e. The molecular formula is C25H18IN3O. The van der Waals surface area contributed by atoms with Crippen LogP contribution in [0, 0.1) is 3.77 Å². The van der Waals surface area contributed by atoms with E-state index in [4.69, 9.17) is 9.40 Å². The molecule has 0 aliphatic carbocycles. The summed E-state index contributed by atoms with van der Waals surface area (Å²) in [6.45, 7) is 0.770. The second-order valence-corrected chi connectivity index (χ2v) is 8.50. The number of hydrogen-bond acceptors (Lipinski definition) is 3. The first-order chi connectivity index (χ1) is 14.8. The lowest BCUT2D eigenvalue weighted by Gasteiger charge is -2.39. The first-order valence-corrected chi connectivity index (χ1v) is 11.0. The summed E-state index contributed by atoms with van der Waals surface area (Å²) in [7, 11) is 0. The van der Waals surface area contributed by atoms with Gasteiger partial charge in [-0.05, 0) is 64.6 Å². The molecule has 0 N–H and O–H groups in total. The fourth-order valence-electron chi connectivity index (χ4n) is 4.37. The standard InChI is InChI=1S/C25H18IN3O/c26-23-15-14-22(30-23)25-28(16-17-8-2-1-3-9-17)20-12-6-4-10-18(20)24-27-19-11-5-7-13-21(19)29(24)25/h1-15,25H,16H2. The van der Waals surface area contributed by atoms with Crippen molar-refractivity contribution in [2.45, 2.75) is 12.7 Å².